The summed E-state index contributed by atoms with van der Waals surface area (Å²) in [5.41, 5.74) is 0.756. The van der Waals surface area contributed by atoms with Gasteiger partial charge in [-0.25, -0.2) is 4.79 Å². The Bertz CT molecular complexity index is 871. The molecule has 0 atom stereocenters. The van der Waals surface area contributed by atoms with Crippen LogP contribution in [0.2, 0.25) is 0 Å². The monoisotopic (exact) mass is 415 g/mol. The molecule has 1 saturated carbocycles. The van der Waals surface area contributed by atoms with E-state index in [0.29, 0.717) is 5.75 Å². The van der Waals surface area contributed by atoms with Crippen LogP contribution >= 0.6 is 11.8 Å². The normalized spacial score (nSPS) is 20.2. The Balaban J connectivity index is 1.54. The molecular weight excluding hydrogens is 394 g/mol. The van der Waals surface area contributed by atoms with Crippen molar-refractivity contribution < 1.29 is 23.9 Å². The van der Waals surface area contributed by atoms with Crippen molar-refractivity contribution in [1.29, 1.82) is 0 Å². The molecule has 1 aliphatic heterocycles. The number of rotatable bonds is 5. The molecule has 1 aliphatic carbocycles. The molecule has 1 aromatic rings. The van der Waals surface area contributed by atoms with Crippen molar-refractivity contribution in [2.45, 2.75) is 32.1 Å². The molecule has 9 heteroatoms. The van der Waals surface area contributed by atoms with Gasteiger partial charge in [-0.15, -0.1) is 5.10 Å². The van der Waals surface area contributed by atoms with Crippen LogP contribution in [-0.4, -0.2) is 36.3 Å². The van der Waals surface area contributed by atoms with Crippen molar-refractivity contribution in [2.75, 3.05) is 7.11 Å². The lowest BCUT2D eigenvalue weighted by Crippen LogP contribution is -2.22. The quantitative estimate of drug-likeness (QED) is 0.261. The zero-order valence-electron chi connectivity index (χ0n) is 15.9. The van der Waals surface area contributed by atoms with E-state index in [1.165, 1.54) is 19.7 Å². The lowest BCUT2D eigenvalue weighted by Gasteiger charge is -2.19. The number of benzene rings is 1. The highest BCUT2D eigenvalue weighted by Crippen LogP contribution is 2.26. The predicted octanol–water partition coefficient (Wildman–Crippen LogP) is 2.78. The molecular formula is C20H21N3O5S. The van der Waals surface area contributed by atoms with Gasteiger partial charge < -0.3 is 9.47 Å². The van der Waals surface area contributed by atoms with Crippen LogP contribution in [0.3, 0.4) is 0 Å². The van der Waals surface area contributed by atoms with Crippen LogP contribution in [-0.2, 0) is 19.1 Å². The topological polar surface area (TPSA) is 106 Å². The van der Waals surface area contributed by atoms with Crippen LogP contribution in [0, 0.1) is 5.92 Å². The first kappa shape index (κ1) is 20.8. The van der Waals surface area contributed by atoms with Gasteiger partial charge in [-0.2, -0.15) is 5.10 Å². The van der Waals surface area contributed by atoms with Gasteiger partial charge in [0.25, 0.3) is 5.91 Å². The largest absolute Gasteiger partial charge is 0.466 e. The molecule has 3 rings (SSSR count). The van der Waals surface area contributed by atoms with Gasteiger partial charge in [-0.1, -0.05) is 19.3 Å². The van der Waals surface area contributed by atoms with Crippen molar-refractivity contribution in [3.63, 3.8) is 0 Å². The summed E-state index contributed by atoms with van der Waals surface area (Å²) in [6, 6.07) is 6.93. The molecule has 8 nitrogen and oxygen atoms in total. The molecule has 0 bridgehead atoms. The highest BCUT2D eigenvalue weighted by Gasteiger charge is 2.25. The van der Waals surface area contributed by atoms with E-state index in [0.717, 1.165) is 49.1 Å². The van der Waals surface area contributed by atoms with Crippen LogP contribution in [0.25, 0.3) is 0 Å². The maximum Gasteiger partial charge on any atom is 0.331 e. The fourth-order valence-corrected chi connectivity index (χ4v) is 3.69. The molecule has 0 spiro atoms. The first-order valence-corrected chi connectivity index (χ1v) is 10.1. The average Bonchev–Trinajstić information content (AvgIpc) is 3.08. The van der Waals surface area contributed by atoms with E-state index in [1.807, 2.05) is 0 Å². The van der Waals surface area contributed by atoms with E-state index in [2.05, 4.69) is 20.3 Å². The summed E-state index contributed by atoms with van der Waals surface area (Å²) in [5.74, 6) is -0.712. The van der Waals surface area contributed by atoms with Gasteiger partial charge in [-0.05, 0) is 54.4 Å². The summed E-state index contributed by atoms with van der Waals surface area (Å²) in [6.07, 6.45) is 7.75. The molecule has 0 unspecified atom stereocenters. The van der Waals surface area contributed by atoms with E-state index >= 15 is 0 Å². The number of carbonyl (C=O) groups excluding carboxylic acids is 3. The minimum Gasteiger partial charge on any atom is -0.466 e. The molecule has 2 aliphatic rings. The third kappa shape index (κ3) is 6.02. The number of ether oxygens (including phenoxy) is 2. The van der Waals surface area contributed by atoms with Crippen molar-refractivity contribution in [3.8, 4) is 5.75 Å². The van der Waals surface area contributed by atoms with Crippen LogP contribution in [0.4, 0.5) is 0 Å². The highest BCUT2D eigenvalue weighted by atomic mass is 32.2. The number of carbonyl (C=O) groups is 3. The van der Waals surface area contributed by atoms with Gasteiger partial charge in [0.2, 0.25) is 0 Å². The van der Waals surface area contributed by atoms with Crippen molar-refractivity contribution in [2.24, 2.45) is 16.1 Å². The van der Waals surface area contributed by atoms with Crippen molar-refractivity contribution in [1.82, 2.24) is 5.32 Å². The SMILES string of the molecule is COC(=O)/C=C1/S/C(=N\N=Cc2ccc(OC(=O)C3CCCCC3)cc2)NC1=O. The molecule has 1 saturated heterocycles. The van der Waals surface area contributed by atoms with Gasteiger partial charge >= 0.3 is 11.9 Å². The van der Waals surface area contributed by atoms with Gasteiger partial charge in [0.05, 0.1) is 24.1 Å². The second-order valence-corrected chi connectivity index (χ2v) is 7.59. The number of amidine groups is 1. The van der Waals surface area contributed by atoms with E-state index in [4.69, 9.17) is 4.74 Å². The average molecular weight is 415 g/mol. The van der Waals surface area contributed by atoms with E-state index < -0.39 is 11.9 Å². The summed E-state index contributed by atoms with van der Waals surface area (Å²) in [4.78, 5) is 35.3. The maximum atomic E-state index is 12.2. The Kier molecular flexibility index (Phi) is 7.18. The summed E-state index contributed by atoms with van der Waals surface area (Å²) in [6.45, 7) is 0. The van der Waals surface area contributed by atoms with Crippen LogP contribution in [0.5, 0.6) is 5.75 Å². The van der Waals surface area contributed by atoms with Gasteiger partial charge in [-0.3, -0.25) is 14.9 Å². The fourth-order valence-electron chi connectivity index (χ4n) is 2.95. The molecule has 1 heterocycles. The summed E-state index contributed by atoms with van der Waals surface area (Å²) in [5, 5.41) is 10.6. The van der Waals surface area contributed by atoms with Crippen LogP contribution in [0.15, 0.2) is 45.4 Å². The summed E-state index contributed by atoms with van der Waals surface area (Å²) >= 11 is 0.999. The van der Waals surface area contributed by atoms with Crippen molar-refractivity contribution >= 4 is 41.0 Å². The first-order chi connectivity index (χ1) is 14.0. The standard InChI is InChI=1S/C20H21N3O5S/c1-27-17(24)11-16-18(25)22-20(29-16)23-21-12-13-7-9-15(10-8-13)28-19(26)14-5-3-2-4-6-14/h7-12,14H,2-6H2,1H3,(H,22,23,25)/b16-11+,21-12?. The number of amides is 1. The first-order valence-electron chi connectivity index (χ1n) is 9.27. The summed E-state index contributed by atoms with van der Waals surface area (Å²) in [7, 11) is 1.23. The van der Waals surface area contributed by atoms with Gasteiger partial charge in [0.15, 0.2) is 5.17 Å². The number of esters is 2. The van der Waals surface area contributed by atoms with E-state index in [-0.39, 0.29) is 22.0 Å². The minimum absolute atomic E-state index is 0.00180. The third-order valence-electron chi connectivity index (χ3n) is 4.49. The fraction of sp³-hybridized carbons (Fsp3) is 0.350. The molecule has 1 aromatic carbocycles. The molecule has 1 amide bonds. The van der Waals surface area contributed by atoms with Crippen LogP contribution < -0.4 is 10.1 Å². The number of nitrogens with one attached hydrogen (secondary N) is 1. The Morgan fingerprint density at radius 2 is 1.90 bits per heavy atom. The van der Waals surface area contributed by atoms with Gasteiger partial charge in [0, 0.05) is 6.08 Å². The number of methoxy groups -OCH3 is 1. The Morgan fingerprint density at radius 1 is 1.17 bits per heavy atom. The zero-order valence-corrected chi connectivity index (χ0v) is 16.7. The Labute approximate surface area is 172 Å². The molecule has 29 heavy (non-hydrogen) atoms. The smallest absolute Gasteiger partial charge is 0.331 e. The minimum atomic E-state index is -0.614. The number of hydrogen-bond donors (Lipinski definition) is 1. The number of thioether (sulfide) groups is 1. The summed E-state index contributed by atoms with van der Waals surface area (Å²) < 4.78 is 9.95. The lowest BCUT2D eigenvalue weighted by atomic mass is 9.89. The third-order valence-corrected chi connectivity index (χ3v) is 5.39. The van der Waals surface area contributed by atoms with E-state index in [9.17, 15) is 14.4 Å². The predicted molar refractivity (Wildman–Crippen MR) is 110 cm³/mol. The van der Waals surface area contributed by atoms with Crippen LogP contribution in [0.1, 0.15) is 37.7 Å². The number of nitrogens with zero attached hydrogens (tertiary/aromatic N) is 2. The molecule has 2 fully saturated rings. The molecule has 0 radical (unpaired) electrons. The molecule has 1 N–H and O–H groups in total. The second kappa shape index (κ2) is 10.0. The Morgan fingerprint density at radius 3 is 2.59 bits per heavy atom. The van der Waals surface area contributed by atoms with Gasteiger partial charge in [0.1, 0.15) is 5.75 Å². The molecule has 0 aromatic heterocycles. The lowest BCUT2D eigenvalue weighted by molar-refractivity contribution is -0.140. The van der Waals surface area contributed by atoms with E-state index in [1.54, 1.807) is 24.3 Å². The highest BCUT2D eigenvalue weighted by molar-refractivity contribution is 8.18. The van der Waals surface area contributed by atoms with Crippen molar-refractivity contribution in [3.05, 3.63) is 40.8 Å². The molecule has 152 valence electrons. The second-order valence-electron chi connectivity index (χ2n) is 6.56. The maximum absolute atomic E-state index is 12.2. The Hall–Kier alpha value is -2.94. The zero-order chi connectivity index (χ0) is 20.6. The number of hydrogen-bond acceptors (Lipinski definition) is 8.